The maximum Gasteiger partial charge on any atom is 0.335 e. The van der Waals surface area contributed by atoms with Crippen molar-refractivity contribution in [3.8, 4) is 0 Å². The highest BCUT2D eigenvalue weighted by Gasteiger charge is 2.21. The summed E-state index contributed by atoms with van der Waals surface area (Å²) >= 11 is 3.24. The van der Waals surface area contributed by atoms with Crippen molar-refractivity contribution in [2.24, 2.45) is 0 Å². The third-order valence-electron chi connectivity index (χ3n) is 2.33. The Morgan fingerprint density at radius 2 is 2.05 bits per heavy atom. The molecule has 0 aliphatic carbocycles. The first-order valence-corrected chi connectivity index (χ1v) is 7.46. The molecule has 102 valence electrons. The van der Waals surface area contributed by atoms with E-state index >= 15 is 0 Å². The van der Waals surface area contributed by atoms with Gasteiger partial charge in [-0.2, -0.15) is 4.98 Å². The van der Waals surface area contributed by atoms with Crippen molar-refractivity contribution in [1.82, 2.24) is 10.1 Å². The molecule has 0 radical (unpaired) electrons. The molecule has 0 aliphatic rings. The van der Waals surface area contributed by atoms with Gasteiger partial charge in [0, 0.05) is 10.2 Å². The lowest BCUT2D eigenvalue weighted by atomic mass is 10.2. The molecule has 9 heteroatoms. The molecule has 0 unspecified atom stereocenters. The number of hydrogen-bond acceptors (Lipinski definition) is 6. The van der Waals surface area contributed by atoms with Crippen molar-refractivity contribution in [3.63, 3.8) is 0 Å². The first-order valence-electron chi connectivity index (χ1n) is 5.18. The van der Waals surface area contributed by atoms with Crippen LogP contribution in [-0.4, -0.2) is 18.6 Å². The average molecular weight is 347 g/mol. The summed E-state index contributed by atoms with van der Waals surface area (Å²) in [5.74, 6) is 0.338. The van der Waals surface area contributed by atoms with E-state index in [9.17, 15) is 8.42 Å². The highest BCUT2D eigenvalue weighted by atomic mass is 79.9. The number of halogens is 1. The molecule has 1 aromatic carbocycles. The van der Waals surface area contributed by atoms with Gasteiger partial charge in [-0.05, 0) is 47.5 Å². The van der Waals surface area contributed by atoms with E-state index in [1.54, 1.807) is 19.9 Å². The quantitative estimate of drug-likeness (QED) is 0.820. The van der Waals surface area contributed by atoms with E-state index in [1.807, 2.05) is 0 Å². The summed E-state index contributed by atoms with van der Waals surface area (Å²) in [6.45, 7) is 3.25. The molecule has 0 amide bonds. The van der Waals surface area contributed by atoms with Gasteiger partial charge < -0.3 is 10.3 Å². The Balaban J connectivity index is 2.42. The molecule has 7 nitrogen and oxygen atoms in total. The number of nitrogen functional groups attached to an aromatic ring is 1. The van der Waals surface area contributed by atoms with E-state index in [0.29, 0.717) is 21.5 Å². The zero-order valence-electron chi connectivity index (χ0n) is 10.1. The fourth-order valence-electron chi connectivity index (χ4n) is 1.47. The molecular formula is C10H11BrN4O3S. The second-order valence-electron chi connectivity index (χ2n) is 3.89. The Kier molecular flexibility index (Phi) is 3.50. The Hall–Kier alpha value is -1.61. The van der Waals surface area contributed by atoms with Crippen molar-refractivity contribution in [1.29, 1.82) is 0 Å². The third-order valence-corrected chi connectivity index (χ3v) is 4.48. The van der Waals surface area contributed by atoms with E-state index in [0.717, 1.165) is 0 Å². The third kappa shape index (κ3) is 2.87. The van der Waals surface area contributed by atoms with E-state index in [1.165, 1.54) is 6.07 Å². The molecule has 0 spiro atoms. The molecule has 0 aliphatic heterocycles. The minimum absolute atomic E-state index is 0.0593. The zero-order valence-corrected chi connectivity index (χ0v) is 12.5. The first-order chi connectivity index (χ1) is 8.79. The van der Waals surface area contributed by atoms with Gasteiger partial charge in [-0.15, -0.1) is 0 Å². The van der Waals surface area contributed by atoms with Gasteiger partial charge in [0.25, 0.3) is 10.0 Å². The standard InChI is InChI=1S/C10H11BrN4O3S/c1-5-3-7(11)8(12)4-9(5)19(16,17)15-10-13-6(2)14-18-10/h3-4H,12H2,1-2H3,(H,13,14,15). The van der Waals surface area contributed by atoms with Crippen LogP contribution in [0.15, 0.2) is 26.0 Å². The summed E-state index contributed by atoms with van der Waals surface area (Å²) in [7, 11) is -3.82. The van der Waals surface area contributed by atoms with Crippen LogP contribution in [-0.2, 0) is 10.0 Å². The van der Waals surface area contributed by atoms with Gasteiger partial charge in [0.1, 0.15) is 0 Å². The van der Waals surface area contributed by atoms with Gasteiger partial charge in [-0.25, -0.2) is 13.1 Å². The Bertz CT molecular complexity index is 726. The molecule has 3 N–H and O–H groups in total. The molecule has 19 heavy (non-hydrogen) atoms. The number of rotatable bonds is 3. The first kappa shape index (κ1) is 13.8. The number of aromatic nitrogens is 2. The van der Waals surface area contributed by atoms with E-state index in [2.05, 4.69) is 30.8 Å². The molecule has 0 bridgehead atoms. The molecule has 0 atom stereocenters. The lowest BCUT2D eigenvalue weighted by Gasteiger charge is -2.09. The van der Waals surface area contributed by atoms with Gasteiger partial charge in [0.05, 0.1) is 4.90 Å². The second kappa shape index (κ2) is 4.82. The lowest BCUT2D eigenvalue weighted by Crippen LogP contribution is -2.15. The maximum atomic E-state index is 12.2. The summed E-state index contributed by atoms with van der Waals surface area (Å²) in [6.07, 6.45) is 0. The van der Waals surface area contributed by atoms with Crippen LogP contribution in [0.1, 0.15) is 11.4 Å². The minimum atomic E-state index is -3.82. The van der Waals surface area contributed by atoms with Gasteiger partial charge in [0.2, 0.25) is 0 Å². The SMILES string of the molecule is Cc1noc(NS(=O)(=O)c2cc(N)c(Br)cc2C)n1. The number of aryl methyl sites for hydroxylation is 2. The maximum absolute atomic E-state index is 12.2. The number of sulfonamides is 1. The normalized spacial score (nSPS) is 11.5. The highest BCUT2D eigenvalue weighted by Crippen LogP contribution is 2.27. The average Bonchev–Trinajstić information content (AvgIpc) is 2.68. The zero-order chi connectivity index (χ0) is 14.2. The van der Waals surface area contributed by atoms with Crippen LogP contribution in [0.3, 0.4) is 0 Å². The van der Waals surface area contributed by atoms with Crippen LogP contribution in [0, 0.1) is 13.8 Å². The summed E-state index contributed by atoms with van der Waals surface area (Å²) in [4.78, 5) is 3.84. The molecule has 2 rings (SSSR count). The molecule has 0 saturated heterocycles. The number of hydrogen-bond donors (Lipinski definition) is 2. The molecule has 2 aromatic rings. The van der Waals surface area contributed by atoms with Crippen molar-refractivity contribution < 1.29 is 12.9 Å². The number of nitrogens with two attached hydrogens (primary N) is 1. The van der Waals surface area contributed by atoms with Crippen molar-refractivity contribution >= 4 is 37.7 Å². The fraction of sp³-hybridized carbons (Fsp3) is 0.200. The number of nitrogens with zero attached hydrogens (tertiary/aromatic N) is 2. The van der Waals surface area contributed by atoms with Crippen LogP contribution >= 0.6 is 15.9 Å². The Morgan fingerprint density at radius 1 is 1.37 bits per heavy atom. The number of benzene rings is 1. The smallest absolute Gasteiger partial charge is 0.335 e. The van der Waals surface area contributed by atoms with Crippen LogP contribution in [0.25, 0.3) is 0 Å². The van der Waals surface area contributed by atoms with E-state index in [4.69, 9.17) is 10.3 Å². The van der Waals surface area contributed by atoms with Crippen molar-refractivity contribution in [2.75, 3.05) is 10.5 Å². The summed E-state index contributed by atoms with van der Waals surface area (Å²) < 4.78 is 31.9. The van der Waals surface area contributed by atoms with Crippen LogP contribution < -0.4 is 10.5 Å². The van der Waals surface area contributed by atoms with E-state index < -0.39 is 10.0 Å². The summed E-state index contributed by atoms with van der Waals surface area (Å²) in [5, 5.41) is 3.50. The van der Waals surface area contributed by atoms with Crippen LogP contribution in [0.4, 0.5) is 11.7 Å². The summed E-state index contributed by atoms with van der Waals surface area (Å²) in [5.41, 5.74) is 6.57. The van der Waals surface area contributed by atoms with Crippen LogP contribution in [0.2, 0.25) is 0 Å². The number of nitrogens with one attached hydrogen (secondary N) is 1. The lowest BCUT2D eigenvalue weighted by molar-refractivity contribution is 0.429. The molecule has 0 fully saturated rings. The predicted molar refractivity (Wildman–Crippen MR) is 73.1 cm³/mol. The van der Waals surface area contributed by atoms with Gasteiger partial charge in [-0.3, -0.25) is 0 Å². The molecule has 1 aromatic heterocycles. The topological polar surface area (TPSA) is 111 Å². The number of anilines is 2. The Labute approximate surface area is 118 Å². The minimum Gasteiger partial charge on any atom is -0.398 e. The van der Waals surface area contributed by atoms with Gasteiger partial charge >= 0.3 is 6.01 Å². The fourth-order valence-corrected chi connectivity index (χ4v) is 3.11. The van der Waals surface area contributed by atoms with Crippen molar-refractivity contribution in [2.45, 2.75) is 18.7 Å². The van der Waals surface area contributed by atoms with Crippen molar-refractivity contribution in [3.05, 3.63) is 28.0 Å². The Morgan fingerprint density at radius 3 is 2.63 bits per heavy atom. The monoisotopic (exact) mass is 346 g/mol. The van der Waals surface area contributed by atoms with E-state index in [-0.39, 0.29) is 10.9 Å². The van der Waals surface area contributed by atoms with Gasteiger partial charge in [0.15, 0.2) is 5.82 Å². The molecular weight excluding hydrogens is 336 g/mol. The summed E-state index contributed by atoms with van der Waals surface area (Å²) in [6, 6.07) is 2.81. The predicted octanol–water partition coefficient (Wildman–Crippen LogP) is 1.83. The van der Waals surface area contributed by atoms with Crippen LogP contribution in [0.5, 0.6) is 0 Å². The molecule has 1 heterocycles. The molecule has 0 saturated carbocycles. The highest BCUT2D eigenvalue weighted by molar-refractivity contribution is 9.10. The largest absolute Gasteiger partial charge is 0.398 e. The van der Waals surface area contributed by atoms with Gasteiger partial charge in [-0.1, -0.05) is 5.16 Å². The second-order valence-corrected chi connectivity index (χ2v) is 6.40.